The van der Waals surface area contributed by atoms with Crippen LogP contribution in [0.15, 0.2) is 22.7 Å². The average molecular weight is 339 g/mol. The highest BCUT2D eigenvalue weighted by Gasteiger charge is 2.13. The van der Waals surface area contributed by atoms with Crippen LogP contribution in [0.25, 0.3) is 0 Å². The highest BCUT2D eigenvalue weighted by atomic mass is 79.9. The number of methoxy groups -OCH3 is 1. The van der Waals surface area contributed by atoms with Crippen molar-refractivity contribution in [1.29, 1.82) is 0 Å². The molecule has 0 aromatic heterocycles. The van der Waals surface area contributed by atoms with Crippen LogP contribution in [0.1, 0.15) is 16.8 Å². The molecule has 1 amide bonds. The van der Waals surface area contributed by atoms with E-state index in [4.69, 9.17) is 16.3 Å². The molecule has 0 saturated heterocycles. The predicted octanol–water partition coefficient (Wildman–Crippen LogP) is 2.96. The topological polar surface area (TPSA) is 38.3 Å². The fourth-order valence-corrected chi connectivity index (χ4v) is 1.98. The Morgan fingerprint density at radius 3 is 3.00 bits per heavy atom. The largest absolute Gasteiger partial charge is 0.383 e. The zero-order valence-electron chi connectivity index (χ0n) is 9.88. The molecule has 1 unspecified atom stereocenters. The van der Waals surface area contributed by atoms with Crippen LogP contribution in [0.2, 0.25) is 0 Å². The summed E-state index contributed by atoms with van der Waals surface area (Å²) in [4.78, 5) is 11.7. The standard InChI is InChI=1S/C12H14BrClFNO2/c1-18-7-8(14)5-6-16-12(17)9-3-2-4-10(13)11(9)15/h2-4,8H,5-7H2,1H3,(H,16,17). The van der Waals surface area contributed by atoms with E-state index in [9.17, 15) is 9.18 Å². The van der Waals surface area contributed by atoms with Gasteiger partial charge in [0.15, 0.2) is 0 Å². The van der Waals surface area contributed by atoms with Gasteiger partial charge < -0.3 is 10.1 Å². The summed E-state index contributed by atoms with van der Waals surface area (Å²) in [5, 5.41) is 2.45. The number of benzene rings is 1. The number of rotatable bonds is 6. The molecular formula is C12H14BrClFNO2. The minimum Gasteiger partial charge on any atom is -0.383 e. The molecule has 0 aliphatic carbocycles. The SMILES string of the molecule is COCC(Cl)CCNC(=O)c1cccc(Br)c1F. The number of carbonyl (C=O) groups excluding carboxylic acids is 1. The number of halogens is 3. The molecule has 0 aliphatic rings. The maximum atomic E-state index is 13.6. The number of amides is 1. The van der Waals surface area contributed by atoms with E-state index in [0.29, 0.717) is 19.6 Å². The van der Waals surface area contributed by atoms with Crippen molar-refractivity contribution in [1.82, 2.24) is 5.32 Å². The predicted molar refractivity (Wildman–Crippen MR) is 72.6 cm³/mol. The lowest BCUT2D eigenvalue weighted by molar-refractivity contribution is 0.0947. The Bertz CT molecular complexity index is 417. The van der Waals surface area contributed by atoms with Crippen LogP contribution in [0.3, 0.4) is 0 Å². The Hall–Kier alpha value is -0.650. The summed E-state index contributed by atoms with van der Waals surface area (Å²) in [6.45, 7) is 0.797. The molecule has 100 valence electrons. The third-order valence-electron chi connectivity index (χ3n) is 2.29. The summed E-state index contributed by atoms with van der Waals surface area (Å²) in [6.07, 6.45) is 0.566. The molecule has 0 fully saturated rings. The molecule has 0 aliphatic heterocycles. The quantitative estimate of drug-likeness (QED) is 0.810. The summed E-state index contributed by atoms with van der Waals surface area (Å²) in [5.74, 6) is -1.01. The molecule has 1 N–H and O–H groups in total. The molecule has 6 heteroatoms. The number of hydrogen-bond acceptors (Lipinski definition) is 2. The van der Waals surface area contributed by atoms with Gasteiger partial charge in [0.1, 0.15) is 5.82 Å². The molecule has 0 radical (unpaired) electrons. The molecule has 3 nitrogen and oxygen atoms in total. The van der Waals surface area contributed by atoms with Crippen molar-refractivity contribution in [2.75, 3.05) is 20.3 Å². The molecule has 0 saturated carbocycles. The van der Waals surface area contributed by atoms with Crippen molar-refractivity contribution in [2.45, 2.75) is 11.8 Å². The van der Waals surface area contributed by atoms with Crippen LogP contribution in [-0.2, 0) is 4.74 Å². The first kappa shape index (κ1) is 15.4. The maximum absolute atomic E-state index is 13.6. The summed E-state index contributed by atoms with van der Waals surface area (Å²) in [7, 11) is 1.56. The number of alkyl halides is 1. The Balaban J connectivity index is 2.48. The van der Waals surface area contributed by atoms with Crippen LogP contribution in [-0.4, -0.2) is 31.5 Å². The van der Waals surface area contributed by atoms with Gasteiger partial charge in [-0.15, -0.1) is 11.6 Å². The zero-order valence-corrected chi connectivity index (χ0v) is 12.2. The van der Waals surface area contributed by atoms with Gasteiger partial charge in [0, 0.05) is 13.7 Å². The maximum Gasteiger partial charge on any atom is 0.254 e. The zero-order chi connectivity index (χ0) is 13.5. The lowest BCUT2D eigenvalue weighted by Gasteiger charge is -2.10. The highest BCUT2D eigenvalue weighted by molar-refractivity contribution is 9.10. The lowest BCUT2D eigenvalue weighted by Crippen LogP contribution is -2.27. The van der Waals surface area contributed by atoms with E-state index in [1.807, 2.05) is 0 Å². The lowest BCUT2D eigenvalue weighted by atomic mass is 10.2. The number of hydrogen-bond donors (Lipinski definition) is 1. The van der Waals surface area contributed by atoms with E-state index >= 15 is 0 Å². The Labute approximate surface area is 119 Å². The summed E-state index contributed by atoms with van der Waals surface area (Å²) in [6, 6.07) is 4.58. The van der Waals surface area contributed by atoms with Crippen LogP contribution >= 0.6 is 27.5 Å². The molecule has 18 heavy (non-hydrogen) atoms. The molecule has 1 aromatic rings. The van der Waals surface area contributed by atoms with Gasteiger partial charge in [-0.05, 0) is 34.5 Å². The van der Waals surface area contributed by atoms with E-state index in [2.05, 4.69) is 21.2 Å². The second kappa shape index (κ2) is 7.71. The van der Waals surface area contributed by atoms with Gasteiger partial charge in [-0.3, -0.25) is 4.79 Å². The summed E-state index contributed by atoms with van der Waals surface area (Å²) >= 11 is 8.94. The average Bonchev–Trinajstić information content (AvgIpc) is 2.33. The molecule has 1 atom stereocenters. The fourth-order valence-electron chi connectivity index (χ4n) is 1.38. The minimum atomic E-state index is -0.561. The summed E-state index contributed by atoms with van der Waals surface area (Å²) < 4.78 is 18.7. The first-order chi connectivity index (χ1) is 8.56. The first-order valence-electron chi connectivity index (χ1n) is 5.41. The van der Waals surface area contributed by atoms with Crippen molar-refractivity contribution < 1.29 is 13.9 Å². The Kier molecular flexibility index (Phi) is 6.60. The third-order valence-corrected chi connectivity index (χ3v) is 3.24. The third kappa shape index (κ3) is 4.55. The highest BCUT2D eigenvalue weighted by Crippen LogP contribution is 2.18. The Morgan fingerprint density at radius 1 is 1.61 bits per heavy atom. The van der Waals surface area contributed by atoms with Gasteiger partial charge in [0.2, 0.25) is 0 Å². The van der Waals surface area contributed by atoms with Gasteiger partial charge in [0.25, 0.3) is 5.91 Å². The monoisotopic (exact) mass is 337 g/mol. The van der Waals surface area contributed by atoms with Gasteiger partial charge in [-0.25, -0.2) is 4.39 Å². The summed E-state index contributed by atoms with van der Waals surface area (Å²) in [5.41, 5.74) is 0.0160. The molecule has 1 aromatic carbocycles. The van der Waals surface area contributed by atoms with Gasteiger partial charge >= 0.3 is 0 Å². The number of nitrogens with one attached hydrogen (secondary N) is 1. The second-order valence-electron chi connectivity index (χ2n) is 3.70. The van der Waals surface area contributed by atoms with E-state index in [1.165, 1.54) is 6.07 Å². The molecule has 0 heterocycles. The fraction of sp³-hybridized carbons (Fsp3) is 0.417. The number of carbonyl (C=O) groups is 1. The van der Waals surface area contributed by atoms with Gasteiger partial charge in [0.05, 0.1) is 22.0 Å². The molecule has 0 bridgehead atoms. The molecule has 1 rings (SSSR count). The molecule has 0 spiro atoms. The number of ether oxygens (including phenoxy) is 1. The van der Waals surface area contributed by atoms with E-state index in [0.717, 1.165) is 0 Å². The van der Waals surface area contributed by atoms with Crippen LogP contribution in [0, 0.1) is 5.82 Å². The van der Waals surface area contributed by atoms with Crippen LogP contribution < -0.4 is 5.32 Å². The van der Waals surface area contributed by atoms with Crippen molar-refractivity contribution in [3.8, 4) is 0 Å². The van der Waals surface area contributed by atoms with Crippen molar-refractivity contribution in [3.05, 3.63) is 34.1 Å². The van der Waals surface area contributed by atoms with E-state index in [-0.39, 0.29) is 15.4 Å². The van der Waals surface area contributed by atoms with Crippen LogP contribution in [0.5, 0.6) is 0 Å². The second-order valence-corrected chi connectivity index (χ2v) is 5.17. The Morgan fingerprint density at radius 2 is 2.33 bits per heavy atom. The normalized spacial score (nSPS) is 12.2. The minimum absolute atomic E-state index is 0.0160. The first-order valence-corrected chi connectivity index (χ1v) is 6.64. The van der Waals surface area contributed by atoms with Crippen LogP contribution in [0.4, 0.5) is 4.39 Å². The van der Waals surface area contributed by atoms with Crippen molar-refractivity contribution in [2.24, 2.45) is 0 Å². The van der Waals surface area contributed by atoms with Gasteiger partial charge in [-0.2, -0.15) is 0 Å². The van der Waals surface area contributed by atoms with Crippen molar-refractivity contribution >= 4 is 33.4 Å². The van der Waals surface area contributed by atoms with Gasteiger partial charge in [-0.1, -0.05) is 6.07 Å². The van der Waals surface area contributed by atoms with E-state index in [1.54, 1.807) is 19.2 Å². The smallest absolute Gasteiger partial charge is 0.254 e. The van der Waals surface area contributed by atoms with E-state index < -0.39 is 11.7 Å². The van der Waals surface area contributed by atoms with Crippen molar-refractivity contribution in [3.63, 3.8) is 0 Å². The molecular weight excluding hydrogens is 324 g/mol.